The molecular weight excluding hydrogens is 332 g/mol. The normalized spacial score (nSPS) is 14.8. The highest BCUT2D eigenvalue weighted by Gasteiger charge is 2.35. The number of hydrogen-bond donors (Lipinski definition) is 3. The van der Waals surface area contributed by atoms with E-state index in [-0.39, 0.29) is 12.2 Å². The first kappa shape index (κ1) is 18.2. The average Bonchev–Trinajstić information content (AvgIpc) is 2.93. The summed E-state index contributed by atoms with van der Waals surface area (Å²) in [5, 5.41) is 17.1. The van der Waals surface area contributed by atoms with Crippen molar-refractivity contribution in [1.82, 2.24) is 20.5 Å². The van der Waals surface area contributed by atoms with Crippen molar-refractivity contribution in [3.05, 3.63) is 36.0 Å². The van der Waals surface area contributed by atoms with E-state index in [1.54, 1.807) is 10.2 Å². The summed E-state index contributed by atoms with van der Waals surface area (Å²) in [6.07, 6.45) is 0.226. The molecule has 0 aliphatic carbocycles. The van der Waals surface area contributed by atoms with Crippen molar-refractivity contribution in [3.63, 3.8) is 0 Å². The molecule has 8 nitrogen and oxygen atoms in total. The molecule has 1 unspecified atom stereocenters. The van der Waals surface area contributed by atoms with E-state index in [1.165, 1.54) is 6.92 Å². The molecule has 2 aromatic rings. The van der Waals surface area contributed by atoms with Crippen LogP contribution in [-0.2, 0) is 22.4 Å². The molecule has 0 aliphatic heterocycles. The minimum Gasteiger partial charge on any atom is -0.306 e. The van der Waals surface area contributed by atoms with Gasteiger partial charge >= 0.3 is 0 Å². The number of hydrogen-bond acceptors (Lipinski definition) is 5. The van der Waals surface area contributed by atoms with E-state index < -0.39 is 22.4 Å². The van der Waals surface area contributed by atoms with Gasteiger partial charge in [0.05, 0.1) is 16.9 Å². The van der Waals surface area contributed by atoms with Crippen LogP contribution in [0.25, 0.3) is 11.3 Å². The van der Waals surface area contributed by atoms with E-state index >= 15 is 0 Å². The highest BCUT2D eigenvalue weighted by atomic mass is 32.2. The topological polar surface area (TPSA) is 117 Å². The number of rotatable bonds is 7. The molecule has 0 fully saturated rings. The largest absolute Gasteiger partial charge is 0.306 e. The highest BCUT2D eigenvalue weighted by Crippen LogP contribution is 2.25. The maximum atomic E-state index is 11.9. The minimum atomic E-state index is -2.16. The number of amides is 1. The number of carbonyl (C=O) groups excluding carboxylic acids is 1. The summed E-state index contributed by atoms with van der Waals surface area (Å²) in [6.45, 7) is 3.72. The summed E-state index contributed by atoms with van der Waals surface area (Å²) >= 11 is -2.16. The maximum absolute atomic E-state index is 11.9. The van der Waals surface area contributed by atoms with E-state index in [2.05, 4.69) is 10.3 Å². The van der Waals surface area contributed by atoms with E-state index in [0.717, 1.165) is 17.0 Å². The Morgan fingerprint density at radius 3 is 2.62 bits per heavy atom. The first-order valence-electron chi connectivity index (χ1n) is 7.35. The van der Waals surface area contributed by atoms with Crippen molar-refractivity contribution >= 4 is 17.0 Å². The number of benzene rings is 1. The van der Waals surface area contributed by atoms with Gasteiger partial charge < -0.3 is 4.55 Å². The molecule has 1 heterocycles. The zero-order chi connectivity index (χ0) is 17.7. The molecule has 1 aromatic carbocycles. The van der Waals surface area contributed by atoms with Crippen LogP contribution in [0.1, 0.15) is 19.0 Å². The van der Waals surface area contributed by atoms with Crippen LogP contribution in [0.5, 0.6) is 0 Å². The predicted molar refractivity (Wildman–Crippen MR) is 88.5 cm³/mol. The van der Waals surface area contributed by atoms with Gasteiger partial charge in [0.15, 0.2) is 11.1 Å². The van der Waals surface area contributed by atoms with Crippen LogP contribution in [-0.4, -0.2) is 40.6 Å². The monoisotopic (exact) mass is 352 g/mol. The first-order chi connectivity index (χ1) is 11.4. The summed E-state index contributed by atoms with van der Waals surface area (Å²) in [5.74, 6) is -0.982. The lowest BCUT2D eigenvalue weighted by molar-refractivity contribution is -0.138. The van der Waals surface area contributed by atoms with Gasteiger partial charge in [-0.15, -0.1) is 5.10 Å². The Labute approximate surface area is 142 Å². The van der Waals surface area contributed by atoms with Gasteiger partial charge in [0.2, 0.25) is 5.91 Å². The highest BCUT2D eigenvalue weighted by molar-refractivity contribution is 7.79. The van der Waals surface area contributed by atoms with Crippen molar-refractivity contribution in [3.8, 4) is 11.3 Å². The lowest BCUT2D eigenvalue weighted by Crippen LogP contribution is -2.42. The third-order valence-corrected chi connectivity index (χ3v) is 4.88. The van der Waals surface area contributed by atoms with Crippen molar-refractivity contribution in [1.29, 1.82) is 0 Å². The van der Waals surface area contributed by atoms with E-state index in [9.17, 15) is 9.00 Å². The first-order valence-corrected chi connectivity index (χ1v) is 8.62. The lowest BCUT2D eigenvalue weighted by atomic mass is 9.88. The summed E-state index contributed by atoms with van der Waals surface area (Å²) < 4.78 is 21.9. The second-order valence-corrected chi connectivity index (χ2v) is 6.76. The third kappa shape index (κ3) is 4.05. The molecule has 1 aromatic heterocycles. The molecule has 0 radical (unpaired) electrons. The molecular formula is C15H20N4O4S. The van der Waals surface area contributed by atoms with Crippen molar-refractivity contribution < 1.29 is 18.8 Å². The number of hydroxylamine groups is 1. The SMILES string of the molecule is Cc1c(-c2ccccc2)nnn1CC[C@@](C)(CS(=O)O)C(=O)NO. The fourth-order valence-corrected chi connectivity index (χ4v) is 3.27. The van der Waals surface area contributed by atoms with Gasteiger partial charge in [0.25, 0.3) is 0 Å². The number of aromatic nitrogens is 3. The average molecular weight is 352 g/mol. The summed E-state index contributed by atoms with van der Waals surface area (Å²) in [4.78, 5) is 11.9. The molecule has 0 saturated heterocycles. The second-order valence-electron chi connectivity index (χ2n) is 5.83. The van der Waals surface area contributed by atoms with E-state index in [0.29, 0.717) is 6.54 Å². The van der Waals surface area contributed by atoms with Crippen molar-refractivity contribution in [2.24, 2.45) is 5.41 Å². The minimum absolute atomic E-state index is 0.226. The summed E-state index contributed by atoms with van der Waals surface area (Å²) in [6, 6.07) is 9.59. The number of nitrogens with one attached hydrogen (secondary N) is 1. The van der Waals surface area contributed by atoms with E-state index in [1.807, 2.05) is 37.3 Å². The Bertz CT molecular complexity index is 734. The molecule has 130 valence electrons. The lowest BCUT2D eigenvalue weighted by Gasteiger charge is -2.25. The van der Waals surface area contributed by atoms with Gasteiger partial charge in [-0.1, -0.05) is 35.5 Å². The van der Waals surface area contributed by atoms with Crippen molar-refractivity contribution in [2.75, 3.05) is 5.75 Å². The third-order valence-electron chi connectivity index (χ3n) is 4.00. The molecule has 0 spiro atoms. The fraction of sp³-hybridized carbons (Fsp3) is 0.400. The predicted octanol–water partition coefficient (Wildman–Crippen LogP) is 1.38. The molecule has 1 amide bonds. The van der Waals surface area contributed by atoms with Crippen LogP contribution < -0.4 is 5.48 Å². The van der Waals surface area contributed by atoms with Gasteiger partial charge in [-0.3, -0.25) is 10.0 Å². The van der Waals surface area contributed by atoms with Crippen LogP contribution in [0.3, 0.4) is 0 Å². The smallest absolute Gasteiger partial charge is 0.250 e. The zero-order valence-electron chi connectivity index (χ0n) is 13.5. The maximum Gasteiger partial charge on any atom is 0.250 e. The van der Waals surface area contributed by atoms with Gasteiger partial charge in [0.1, 0.15) is 5.69 Å². The Morgan fingerprint density at radius 1 is 1.38 bits per heavy atom. The number of carbonyl (C=O) groups is 1. The van der Waals surface area contributed by atoms with Crippen LogP contribution >= 0.6 is 0 Å². The van der Waals surface area contributed by atoms with Crippen LogP contribution in [0.15, 0.2) is 30.3 Å². The Kier molecular flexibility index (Phi) is 5.81. The van der Waals surface area contributed by atoms with Gasteiger partial charge in [-0.05, 0) is 20.3 Å². The second kappa shape index (κ2) is 7.65. The molecule has 2 rings (SSSR count). The molecule has 0 saturated carbocycles. The van der Waals surface area contributed by atoms with Crippen LogP contribution in [0.4, 0.5) is 0 Å². The molecule has 24 heavy (non-hydrogen) atoms. The van der Waals surface area contributed by atoms with E-state index in [4.69, 9.17) is 9.76 Å². The quantitative estimate of drug-likeness (QED) is 0.394. The van der Waals surface area contributed by atoms with Crippen molar-refractivity contribution in [2.45, 2.75) is 26.8 Å². The summed E-state index contributed by atoms with van der Waals surface area (Å²) in [7, 11) is 0. The molecule has 3 N–H and O–H groups in total. The van der Waals surface area contributed by atoms with Crippen LogP contribution in [0.2, 0.25) is 0 Å². The summed E-state index contributed by atoms with van der Waals surface area (Å²) in [5.41, 5.74) is 2.88. The van der Waals surface area contributed by atoms with Gasteiger partial charge in [-0.2, -0.15) is 0 Å². The Hall–Kier alpha value is -2.10. The zero-order valence-corrected chi connectivity index (χ0v) is 14.3. The fourth-order valence-electron chi connectivity index (χ4n) is 2.45. The molecule has 2 atom stereocenters. The van der Waals surface area contributed by atoms with Crippen LogP contribution in [0, 0.1) is 12.3 Å². The number of aryl methyl sites for hydroxylation is 1. The molecule has 9 heteroatoms. The molecule has 0 bridgehead atoms. The Morgan fingerprint density at radius 2 is 2.04 bits per heavy atom. The van der Waals surface area contributed by atoms with Gasteiger partial charge in [-0.25, -0.2) is 14.4 Å². The Balaban J connectivity index is 2.18. The number of nitrogens with zero attached hydrogens (tertiary/aromatic N) is 3. The standard InChI is InChI=1S/C15H20N4O4S/c1-11-13(12-6-4-3-5-7-12)16-18-19(11)9-8-15(2,10-24(22)23)14(20)17-21/h3-7,21H,8-10H2,1-2H3,(H,17,20)(H,22,23)/t15-/m0/s1. The molecule has 0 aliphatic rings. The van der Waals surface area contributed by atoms with Gasteiger partial charge in [0, 0.05) is 12.1 Å².